The molecule has 3 rings (SSSR count). The molecule has 0 spiro atoms. The predicted octanol–water partition coefficient (Wildman–Crippen LogP) is 5.31. The van der Waals surface area contributed by atoms with Crippen LogP contribution < -0.4 is 10.2 Å². The molecule has 10 heteroatoms. The van der Waals surface area contributed by atoms with Gasteiger partial charge < -0.3 is 9.64 Å². The second-order valence-corrected chi connectivity index (χ2v) is 7.88. The predicted molar refractivity (Wildman–Crippen MR) is 116 cm³/mol. The Labute approximate surface area is 177 Å². The summed E-state index contributed by atoms with van der Waals surface area (Å²) < 4.78 is 5.19. The number of hydrogen-bond donors (Lipinski definition) is 1. The second-order valence-electron chi connectivity index (χ2n) is 7.49. The van der Waals surface area contributed by atoms with Crippen molar-refractivity contribution in [2.75, 3.05) is 17.3 Å². The smallest absolute Gasteiger partial charge is 0.412 e. The van der Waals surface area contributed by atoms with E-state index in [0.29, 0.717) is 5.69 Å². The number of benzene rings is 1. The van der Waals surface area contributed by atoms with Crippen molar-refractivity contribution >= 4 is 51.5 Å². The molecule has 0 atom stereocenters. The van der Waals surface area contributed by atoms with Crippen LogP contribution in [0.2, 0.25) is 5.15 Å². The van der Waals surface area contributed by atoms with Gasteiger partial charge in [-0.05, 0) is 45.0 Å². The number of hydrogen-bond acceptors (Lipinski definition) is 7. The number of aromatic nitrogens is 2. The fourth-order valence-corrected chi connectivity index (χ4v) is 3.00. The van der Waals surface area contributed by atoms with Gasteiger partial charge in [-0.1, -0.05) is 17.7 Å². The van der Waals surface area contributed by atoms with Crippen LogP contribution in [0.25, 0.3) is 10.9 Å². The zero-order chi connectivity index (χ0) is 22.1. The van der Waals surface area contributed by atoms with E-state index in [1.165, 1.54) is 11.0 Å². The van der Waals surface area contributed by atoms with Crippen LogP contribution in [0.15, 0.2) is 42.6 Å². The highest BCUT2D eigenvalue weighted by Crippen LogP contribution is 2.39. The molecule has 0 aliphatic rings. The molecule has 156 valence electrons. The van der Waals surface area contributed by atoms with Crippen LogP contribution >= 0.6 is 11.6 Å². The van der Waals surface area contributed by atoms with E-state index in [-0.39, 0.29) is 16.7 Å². The lowest BCUT2D eigenvalue weighted by atomic mass is 10.2. The first-order valence-corrected chi connectivity index (χ1v) is 9.36. The van der Waals surface area contributed by atoms with E-state index in [1.807, 2.05) is 12.1 Å². The third-order valence-electron chi connectivity index (χ3n) is 4.05. The first kappa shape index (κ1) is 21.3. The van der Waals surface area contributed by atoms with Gasteiger partial charge in [-0.2, -0.15) is 0 Å². The van der Waals surface area contributed by atoms with Crippen LogP contribution in [0.1, 0.15) is 20.8 Å². The van der Waals surface area contributed by atoms with Gasteiger partial charge in [0.25, 0.3) is 0 Å². The summed E-state index contributed by atoms with van der Waals surface area (Å²) in [7, 11) is 1.63. The van der Waals surface area contributed by atoms with E-state index in [9.17, 15) is 14.9 Å². The lowest BCUT2D eigenvalue weighted by molar-refractivity contribution is -0.383. The Kier molecular flexibility index (Phi) is 5.75. The molecule has 0 saturated carbocycles. The fraction of sp³-hybridized carbons (Fsp3) is 0.250. The Morgan fingerprint density at radius 1 is 1.27 bits per heavy atom. The molecule has 1 amide bonds. The number of anilines is 3. The molecule has 0 saturated heterocycles. The van der Waals surface area contributed by atoms with Crippen LogP contribution in [0, 0.1) is 10.1 Å². The van der Waals surface area contributed by atoms with Crippen LogP contribution in [0.3, 0.4) is 0 Å². The minimum atomic E-state index is -0.835. The summed E-state index contributed by atoms with van der Waals surface area (Å²) in [5.74, 6) is -0.0261. The summed E-state index contributed by atoms with van der Waals surface area (Å²) >= 11 is 6.11. The number of pyridine rings is 2. The maximum absolute atomic E-state index is 12.2. The Balaban J connectivity index is 2.05. The van der Waals surface area contributed by atoms with Gasteiger partial charge in [-0.3, -0.25) is 20.4 Å². The summed E-state index contributed by atoms with van der Waals surface area (Å²) in [6.07, 6.45) is 0.849. The second kappa shape index (κ2) is 8.11. The van der Waals surface area contributed by atoms with E-state index in [4.69, 9.17) is 16.3 Å². The lowest BCUT2D eigenvalue weighted by Gasteiger charge is -2.22. The molecule has 2 heterocycles. The minimum absolute atomic E-state index is 0.0176. The molecule has 0 aliphatic carbocycles. The number of carbonyl (C=O) groups is 1. The van der Waals surface area contributed by atoms with Gasteiger partial charge in [0.15, 0.2) is 0 Å². The van der Waals surface area contributed by atoms with Crippen molar-refractivity contribution in [2.45, 2.75) is 26.4 Å². The number of halogens is 1. The number of fused-ring (bicyclic) bond motifs is 1. The maximum Gasteiger partial charge on any atom is 0.412 e. The standard InChI is InChI=1S/C20H20ClN5O4/c1-20(2,3)30-19(27)23-15-11-16(21)24-18(17(15)26(28)29)25(4)13-7-8-14-12(10-13)6-5-9-22-14/h5-11H,1-4H3,(H,23,24,27). The highest BCUT2D eigenvalue weighted by Gasteiger charge is 2.28. The van der Waals surface area contributed by atoms with Gasteiger partial charge >= 0.3 is 11.8 Å². The Morgan fingerprint density at radius 3 is 2.67 bits per heavy atom. The average molecular weight is 430 g/mol. The number of carbonyl (C=O) groups excluding carboxylic acids is 1. The third-order valence-corrected chi connectivity index (χ3v) is 4.25. The third kappa shape index (κ3) is 4.74. The summed E-state index contributed by atoms with van der Waals surface area (Å²) in [6, 6.07) is 10.3. The monoisotopic (exact) mass is 429 g/mol. The molecular formula is C20H20ClN5O4. The minimum Gasteiger partial charge on any atom is -0.444 e. The number of amides is 1. The molecule has 1 aromatic carbocycles. The Hall–Kier alpha value is -3.46. The van der Waals surface area contributed by atoms with E-state index >= 15 is 0 Å². The summed E-state index contributed by atoms with van der Waals surface area (Å²) in [5.41, 5.74) is 0.138. The van der Waals surface area contributed by atoms with Crippen molar-refractivity contribution in [1.29, 1.82) is 0 Å². The zero-order valence-corrected chi connectivity index (χ0v) is 17.6. The van der Waals surface area contributed by atoms with Crippen LogP contribution in [0.4, 0.5) is 27.7 Å². The molecule has 0 unspecified atom stereocenters. The van der Waals surface area contributed by atoms with Crippen molar-refractivity contribution in [3.63, 3.8) is 0 Å². The molecule has 2 aromatic heterocycles. The first-order valence-electron chi connectivity index (χ1n) is 8.98. The Morgan fingerprint density at radius 2 is 2.00 bits per heavy atom. The summed E-state index contributed by atoms with van der Waals surface area (Å²) in [4.78, 5) is 33.3. The molecule has 30 heavy (non-hydrogen) atoms. The van der Waals surface area contributed by atoms with Gasteiger partial charge in [0.05, 0.1) is 10.4 Å². The molecule has 1 N–H and O–H groups in total. The normalized spacial score (nSPS) is 11.2. The number of rotatable bonds is 4. The zero-order valence-electron chi connectivity index (χ0n) is 16.8. The lowest BCUT2D eigenvalue weighted by Crippen LogP contribution is -2.27. The number of nitrogens with one attached hydrogen (secondary N) is 1. The van der Waals surface area contributed by atoms with E-state index in [1.54, 1.807) is 52.2 Å². The van der Waals surface area contributed by atoms with Crippen LogP contribution in [0.5, 0.6) is 0 Å². The van der Waals surface area contributed by atoms with Crippen molar-refractivity contribution in [3.05, 3.63) is 57.9 Å². The van der Waals surface area contributed by atoms with Gasteiger partial charge in [-0.15, -0.1) is 0 Å². The Bertz CT molecular complexity index is 1130. The van der Waals surface area contributed by atoms with Gasteiger partial charge in [-0.25, -0.2) is 9.78 Å². The van der Waals surface area contributed by atoms with Gasteiger partial charge in [0.1, 0.15) is 16.4 Å². The molecule has 0 fully saturated rings. The molecular weight excluding hydrogens is 410 g/mol. The first-order chi connectivity index (χ1) is 14.0. The average Bonchev–Trinajstić information content (AvgIpc) is 2.64. The van der Waals surface area contributed by atoms with Crippen molar-refractivity contribution in [2.24, 2.45) is 0 Å². The van der Waals surface area contributed by atoms with Crippen molar-refractivity contribution < 1.29 is 14.5 Å². The highest BCUT2D eigenvalue weighted by molar-refractivity contribution is 6.30. The van der Waals surface area contributed by atoms with Crippen molar-refractivity contribution in [3.8, 4) is 0 Å². The number of nitro groups is 1. The fourth-order valence-electron chi connectivity index (χ4n) is 2.81. The topological polar surface area (TPSA) is 110 Å². The van der Waals surface area contributed by atoms with E-state index in [0.717, 1.165) is 10.9 Å². The van der Waals surface area contributed by atoms with E-state index < -0.39 is 22.3 Å². The van der Waals surface area contributed by atoms with Crippen LogP contribution in [-0.2, 0) is 4.74 Å². The highest BCUT2D eigenvalue weighted by atomic mass is 35.5. The SMILES string of the molecule is CN(c1ccc2ncccc2c1)c1nc(Cl)cc(NC(=O)OC(C)(C)C)c1[N+](=O)[O-]. The number of nitrogens with zero attached hydrogens (tertiary/aromatic N) is 4. The molecule has 0 aliphatic heterocycles. The van der Waals surface area contributed by atoms with Gasteiger partial charge in [0.2, 0.25) is 5.82 Å². The maximum atomic E-state index is 12.2. The van der Waals surface area contributed by atoms with Crippen molar-refractivity contribution in [1.82, 2.24) is 9.97 Å². The molecule has 0 bridgehead atoms. The number of ether oxygens (including phenoxy) is 1. The summed E-state index contributed by atoms with van der Waals surface area (Å²) in [6.45, 7) is 5.07. The molecule has 9 nitrogen and oxygen atoms in total. The quantitative estimate of drug-likeness (QED) is 0.340. The van der Waals surface area contributed by atoms with Gasteiger partial charge in [0, 0.05) is 30.4 Å². The molecule has 3 aromatic rings. The largest absolute Gasteiger partial charge is 0.444 e. The van der Waals surface area contributed by atoms with Crippen LogP contribution in [-0.4, -0.2) is 33.6 Å². The molecule has 0 radical (unpaired) electrons. The summed E-state index contributed by atoms with van der Waals surface area (Å²) in [5, 5.41) is 15.1. The van der Waals surface area contributed by atoms with E-state index in [2.05, 4.69) is 15.3 Å².